The molecule has 0 spiro atoms. The summed E-state index contributed by atoms with van der Waals surface area (Å²) in [7, 11) is 0. The van der Waals surface area contributed by atoms with Crippen LogP contribution in [-0.4, -0.2) is 25.5 Å². The number of benzene rings is 2. The van der Waals surface area contributed by atoms with Crippen molar-refractivity contribution in [1.29, 1.82) is 0 Å². The Morgan fingerprint density at radius 2 is 1.73 bits per heavy atom. The van der Waals surface area contributed by atoms with Gasteiger partial charge in [-0.15, -0.1) is 0 Å². The van der Waals surface area contributed by atoms with Crippen molar-refractivity contribution in [1.82, 2.24) is 19.6 Å². The molecule has 4 aromatic rings. The van der Waals surface area contributed by atoms with Crippen LogP contribution in [0.4, 0.5) is 5.82 Å². The van der Waals surface area contributed by atoms with Gasteiger partial charge in [-0.1, -0.05) is 58.5 Å². The molecule has 0 aliphatic carbocycles. The van der Waals surface area contributed by atoms with Gasteiger partial charge in [0.05, 0.1) is 21.6 Å². The fourth-order valence-electron chi connectivity index (χ4n) is 2.97. The number of nitrogens with zero attached hydrogens (tertiary/aromatic N) is 4. The Balaban J connectivity index is 1.39. The highest BCUT2D eigenvalue weighted by atomic mass is 35.5. The van der Waals surface area contributed by atoms with Gasteiger partial charge in [0.15, 0.2) is 18.2 Å². The van der Waals surface area contributed by atoms with Crippen LogP contribution in [0.2, 0.25) is 20.1 Å². The quantitative estimate of drug-likeness (QED) is 0.306. The lowest BCUT2D eigenvalue weighted by Crippen LogP contribution is -2.15. The molecule has 4 rings (SSSR count). The Labute approximate surface area is 209 Å². The number of rotatable bonds is 7. The standard InChI is InChI=1S/C22H17Cl4N5O2/c1-13-2-4-16(24)20(8-13)33-12-30-7-6-19(28-30)22(32)27-21-18(26)11-31(29-21)10-14-3-5-15(23)17(25)9-14/h2-9,11H,10,12H2,1H3,(H,27,29,32). The number of carbonyl (C=O) groups excluding carboxylic acids is 1. The number of carbonyl (C=O) groups is 1. The zero-order valence-electron chi connectivity index (χ0n) is 17.2. The SMILES string of the molecule is Cc1ccc(Cl)c(OCn2ccc(C(=O)Nc3nn(Cc4ccc(Cl)c(Cl)c4)cc3Cl)n2)c1. The second-order valence-electron chi connectivity index (χ2n) is 7.17. The van der Waals surface area contributed by atoms with Crippen LogP contribution in [0.3, 0.4) is 0 Å². The fourth-order valence-corrected chi connectivity index (χ4v) is 3.66. The Morgan fingerprint density at radius 1 is 0.939 bits per heavy atom. The predicted octanol–water partition coefficient (Wildman–Crippen LogP) is 6.34. The summed E-state index contributed by atoms with van der Waals surface area (Å²) >= 11 is 24.4. The van der Waals surface area contributed by atoms with E-state index < -0.39 is 5.91 Å². The third-order valence-electron chi connectivity index (χ3n) is 4.59. The third kappa shape index (κ3) is 5.81. The molecule has 0 fully saturated rings. The van der Waals surface area contributed by atoms with E-state index in [9.17, 15) is 4.79 Å². The average Bonchev–Trinajstić information content (AvgIpc) is 3.38. The van der Waals surface area contributed by atoms with E-state index in [1.807, 2.05) is 25.1 Å². The second-order valence-corrected chi connectivity index (χ2v) is 8.80. The van der Waals surface area contributed by atoms with Gasteiger partial charge in [-0.25, -0.2) is 4.68 Å². The van der Waals surface area contributed by atoms with Gasteiger partial charge in [0.2, 0.25) is 0 Å². The molecule has 7 nitrogen and oxygen atoms in total. The minimum Gasteiger partial charge on any atom is -0.470 e. The lowest BCUT2D eigenvalue weighted by atomic mass is 10.2. The molecule has 1 amide bonds. The van der Waals surface area contributed by atoms with Crippen LogP contribution in [0.25, 0.3) is 0 Å². The molecular formula is C22H17Cl4N5O2. The van der Waals surface area contributed by atoms with Gasteiger partial charge in [-0.05, 0) is 48.4 Å². The van der Waals surface area contributed by atoms with Gasteiger partial charge in [-0.3, -0.25) is 9.48 Å². The first-order valence-electron chi connectivity index (χ1n) is 9.69. The molecule has 0 saturated heterocycles. The average molecular weight is 525 g/mol. The summed E-state index contributed by atoms with van der Waals surface area (Å²) in [4.78, 5) is 12.6. The van der Waals surface area contributed by atoms with Crippen LogP contribution in [-0.2, 0) is 13.3 Å². The molecule has 2 aromatic carbocycles. The minimum atomic E-state index is -0.455. The summed E-state index contributed by atoms with van der Waals surface area (Å²) < 4.78 is 8.77. The molecule has 0 unspecified atom stereocenters. The van der Waals surface area contributed by atoms with Crippen LogP contribution in [0, 0.1) is 6.92 Å². The molecule has 2 heterocycles. The van der Waals surface area contributed by atoms with Crippen LogP contribution >= 0.6 is 46.4 Å². The van der Waals surface area contributed by atoms with Crippen molar-refractivity contribution in [3.63, 3.8) is 0 Å². The van der Waals surface area contributed by atoms with Crippen molar-refractivity contribution < 1.29 is 9.53 Å². The zero-order valence-corrected chi connectivity index (χ0v) is 20.3. The smallest absolute Gasteiger partial charge is 0.277 e. The van der Waals surface area contributed by atoms with Gasteiger partial charge in [0.25, 0.3) is 5.91 Å². The molecule has 0 aliphatic heterocycles. The summed E-state index contributed by atoms with van der Waals surface area (Å²) in [5.41, 5.74) is 2.09. The second kappa shape index (κ2) is 10.1. The summed E-state index contributed by atoms with van der Waals surface area (Å²) in [5, 5.41) is 12.9. The van der Waals surface area contributed by atoms with Gasteiger partial charge in [0.1, 0.15) is 10.8 Å². The number of anilines is 1. The van der Waals surface area contributed by atoms with Gasteiger partial charge in [0, 0.05) is 12.4 Å². The van der Waals surface area contributed by atoms with Crippen LogP contribution in [0.5, 0.6) is 5.75 Å². The Hall–Kier alpha value is -2.71. The predicted molar refractivity (Wildman–Crippen MR) is 130 cm³/mol. The van der Waals surface area contributed by atoms with E-state index in [1.54, 1.807) is 41.3 Å². The van der Waals surface area contributed by atoms with Crippen molar-refractivity contribution >= 4 is 58.1 Å². The molecule has 2 aromatic heterocycles. The molecule has 33 heavy (non-hydrogen) atoms. The van der Waals surface area contributed by atoms with E-state index in [0.717, 1.165) is 11.1 Å². The highest BCUT2D eigenvalue weighted by Crippen LogP contribution is 2.26. The number of amides is 1. The molecule has 170 valence electrons. The molecule has 0 aliphatic rings. The molecule has 11 heteroatoms. The summed E-state index contributed by atoms with van der Waals surface area (Å²) in [6.07, 6.45) is 3.24. The van der Waals surface area contributed by atoms with Crippen LogP contribution in [0.15, 0.2) is 54.9 Å². The van der Waals surface area contributed by atoms with E-state index in [1.165, 1.54) is 4.68 Å². The van der Waals surface area contributed by atoms with Crippen molar-refractivity contribution in [2.45, 2.75) is 20.2 Å². The lowest BCUT2D eigenvalue weighted by molar-refractivity contribution is 0.101. The first kappa shape index (κ1) is 23.4. The Morgan fingerprint density at radius 3 is 2.52 bits per heavy atom. The first-order chi connectivity index (χ1) is 15.8. The van der Waals surface area contributed by atoms with E-state index in [2.05, 4.69) is 15.5 Å². The minimum absolute atomic E-state index is 0.0927. The van der Waals surface area contributed by atoms with E-state index in [4.69, 9.17) is 51.1 Å². The largest absolute Gasteiger partial charge is 0.470 e. The molecule has 0 radical (unpaired) electrons. The number of aromatic nitrogens is 4. The topological polar surface area (TPSA) is 74.0 Å². The van der Waals surface area contributed by atoms with E-state index in [0.29, 0.717) is 32.4 Å². The summed E-state index contributed by atoms with van der Waals surface area (Å²) in [6.45, 7) is 2.44. The number of hydrogen-bond acceptors (Lipinski definition) is 4. The van der Waals surface area contributed by atoms with Crippen molar-refractivity contribution in [2.24, 2.45) is 0 Å². The number of nitrogens with one attached hydrogen (secondary N) is 1. The summed E-state index contributed by atoms with van der Waals surface area (Å²) in [5.74, 6) is 0.306. The lowest BCUT2D eigenvalue weighted by Gasteiger charge is -2.08. The molecule has 0 saturated carbocycles. The van der Waals surface area contributed by atoms with Crippen molar-refractivity contribution in [3.05, 3.63) is 91.8 Å². The van der Waals surface area contributed by atoms with Gasteiger partial charge in [-0.2, -0.15) is 10.2 Å². The maximum absolute atomic E-state index is 12.6. The van der Waals surface area contributed by atoms with Crippen molar-refractivity contribution in [2.75, 3.05) is 5.32 Å². The molecule has 0 atom stereocenters. The highest BCUT2D eigenvalue weighted by Gasteiger charge is 2.15. The highest BCUT2D eigenvalue weighted by molar-refractivity contribution is 6.42. The number of hydrogen-bond donors (Lipinski definition) is 1. The monoisotopic (exact) mass is 523 g/mol. The van der Waals surface area contributed by atoms with Crippen LogP contribution in [0.1, 0.15) is 21.6 Å². The number of ether oxygens (including phenoxy) is 1. The fraction of sp³-hybridized carbons (Fsp3) is 0.136. The van der Waals surface area contributed by atoms with Crippen molar-refractivity contribution in [3.8, 4) is 5.75 Å². The van der Waals surface area contributed by atoms with E-state index >= 15 is 0 Å². The van der Waals surface area contributed by atoms with Gasteiger partial charge < -0.3 is 10.1 Å². The number of halogens is 4. The molecule has 0 bridgehead atoms. The van der Waals surface area contributed by atoms with Gasteiger partial charge >= 0.3 is 0 Å². The third-order valence-corrected chi connectivity index (χ3v) is 5.92. The van der Waals surface area contributed by atoms with E-state index in [-0.39, 0.29) is 18.2 Å². The maximum Gasteiger partial charge on any atom is 0.277 e. The normalized spacial score (nSPS) is 10.9. The molecular weight excluding hydrogens is 508 g/mol. The Kier molecular flexibility index (Phi) is 7.14. The molecule has 1 N–H and O–H groups in total. The van der Waals surface area contributed by atoms with Crippen LogP contribution < -0.4 is 10.1 Å². The summed E-state index contributed by atoms with van der Waals surface area (Å²) in [6, 6.07) is 12.3. The zero-order chi connectivity index (χ0) is 23.5. The Bertz CT molecular complexity index is 1320. The number of aryl methyl sites for hydroxylation is 1. The first-order valence-corrected chi connectivity index (χ1v) is 11.2. The maximum atomic E-state index is 12.6.